The summed E-state index contributed by atoms with van der Waals surface area (Å²) in [5.41, 5.74) is 2.76. The molecular formula is C20H26N4S. The predicted octanol–water partition coefficient (Wildman–Crippen LogP) is 3.59. The number of hydrogen-bond donors (Lipinski definition) is 1. The minimum absolute atomic E-state index is 0.494. The first-order valence-electron chi connectivity index (χ1n) is 9.21. The van der Waals surface area contributed by atoms with Crippen LogP contribution in [0.5, 0.6) is 0 Å². The Kier molecular flexibility index (Phi) is 4.75. The molecule has 2 aromatic rings. The zero-order valence-corrected chi connectivity index (χ0v) is 15.9. The summed E-state index contributed by atoms with van der Waals surface area (Å²) >= 11 is 1.89. The van der Waals surface area contributed by atoms with Crippen molar-refractivity contribution < 1.29 is 0 Å². The molecule has 0 aliphatic heterocycles. The maximum absolute atomic E-state index is 4.86. The van der Waals surface area contributed by atoms with E-state index in [-0.39, 0.29) is 0 Å². The maximum Gasteiger partial charge on any atom is 0.194 e. The first-order chi connectivity index (χ1) is 12.2. The van der Waals surface area contributed by atoms with E-state index in [0.717, 1.165) is 18.9 Å². The van der Waals surface area contributed by atoms with Crippen molar-refractivity contribution in [2.45, 2.75) is 50.6 Å². The first-order valence-corrected chi connectivity index (χ1v) is 10.0. The van der Waals surface area contributed by atoms with Gasteiger partial charge in [0.2, 0.25) is 0 Å². The van der Waals surface area contributed by atoms with E-state index in [1.807, 2.05) is 18.4 Å². The average Bonchev–Trinajstić information content (AvgIpc) is 3.30. The molecule has 4 nitrogen and oxygen atoms in total. The number of thiazole rings is 1. The standard InChI is InChI=1S/C20H26N4S/c1-21-20(23-17-12-15(17)14-8-4-3-5-9-14)24(2)13-19-22-16-10-6-7-11-18(16)25-19/h3-5,8-9,15,17H,6-7,10-13H2,1-2H3,(H,21,23). The second-order valence-electron chi connectivity index (χ2n) is 7.09. The molecule has 25 heavy (non-hydrogen) atoms. The molecule has 1 aromatic carbocycles. The van der Waals surface area contributed by atoms with Crippen molar-refractivity contribution in [2.24, 2.45) is 4.99 Å². The fourth-order valence-electron chi connectivity index (χ4n) is 3.69. The highest BCUT2D eigenvalue weighted by atomic mass is 32.1. The molecule has 2 atom stereocenters. The summed E-state index contributed by atoms with van der Waals surface area (Å²) in [6.45, 7) is 0.833. The minimum Gasteiger partial charge on any atom is -0.353 e. The topological polar surface area (TPSA) is 40.5 Å². The van der Waals surface area contributed by atoms with Gasteiger partial charge < -0.3 is 10.2 Å². The Labute approximate surface area is 154 Å². The first kappa shape index (κ1) is 16.6. The van der Waals surface area contributed by atoms with Crippen molar-refractivity contribution in [3.8, 4) is 0 Å². The summed E-state index contributed by atoms with van der Waals surface area (Å²) in [6, 6.07) is 11.3. The lowest BCUT2D eigenvalue weighted by Gasteiger charge is -2.21. The number of guanidine groups is 1. The largest absolute Gasteiger partial charge is 0.353 e. The van der Waals surface area contributed by atoms with E-state index in [1.165, 1.54) is 46.8 Å². The molecule has 0 bridgehead atoms. The van der Waals surface area contributed by atoms with Crippen LogP contribution in [0.15, 0.2) is 35.3 Å². The summed E-state index contributed by atoms with van der Waals surface area (Å²) in [6.07, 6.45) is 6.16. The average molecular weight is 355 g/mol. The van der Waals surface area contributed by atoms with Crippen LogP contribution in [-0.4, -0.2) is 36.0 Å². The molecule has 5 heteroatoms. The smallest absolute Gasteiger partial charge is 0.194 e. The molecule has 2 aliphatic carbocycles. The lowest BCUT2D eigenvalue weighted by molar-refractivity contribution is 0.473. The number of nitrogens with one attached hydrogen (secondary N) is 1. The third-order valence-corrected chi connectivity index (χ3v) is 6.31. The summed E-state index contributed by atoms with van der Waals surface area (Å²) in [5, 5.41) is 4.84. The molecule has 1 N–H and O–H groups in total. The number of aryl methyl sites for hydroxylation is 2. The Morgan fingerprint density at radius 1 is 1.28 bits per heavy atom. The Bertz CT molecular complexity index is 729. The van der Waals surface area contributed by atoms with E-state index in [2.05, 4.69) is 52.6 Å². The Hall–Kier alpha value is -1.88. The van der Waals surface area contributed by atoms with Crippen LogP contribution in [-0.2, 0) is 19.4 Å². The normalized spacial score (nSPS) is 22.4. The molecule has 1 heterocycles. The molecule has 0 saturated heterocycles. The fraction of sp³-hybridized carbons (Fsp3) is 0.500. The second kappa shape index (κ2) is 7.16. The van der Waals surface area contributed by atoms with Crippen LogP contribution in [0, 0.1) is 0 Å². The van der Waals surface area contributed by atoms with Gasteiger partial charge >= 0.3 is 0 Å². The number of fused-ring (bicyclic) bond motifs is 1. The van der Waals surface area contributed by atoms with Gasteiger partial charge in [-0.05, 0) is 37.7 Å². The zero-order valence-electron chi connectivity index (χ0n) is 15.0. The molecule has 0 spiro atoms. The van der Waals surface area contributed by atoms with Crippen LogP contribution >= 0.6 is 11.3 Å². The predicted molar refractivity (Wildman–Crippen MR) is 104 cm³/mol. The molecule has 132 valence electrons. The molecule has 2 aliphatic rings. The third kappa shape index (κ3) is 3.71. The maximum atomic E-state index is 4.86. The number of hydrogen-bond acceptors (Lipinski definition) is 3. The molecular weight excluding hydrogens is 328 g/mol. The Morgan fingerprint density at radius 3 is 2.84 bits per heavy atom. The Balaban J connectivity index is 1.36. The van der Waals surface area contributed by atoms with Gasteiger partial charge in [-0.15, -0.1) is 11.3 Å². The van der Waals surface area contributed by atoms with Gasteiger partial charge in [0.1, 0.15) is 5.01 Å². The minimum atomic E-state index is 0.494. The van der Waals surface area contributed by atoms with E-state index in [1.54, 1.807) is 0 Å². The third-order valence-electron chi connectivity index (χ3n) is 5.17. The van der Waals surface area contributed by atoms with Gasteiger partial charge in [0, 0.05) is 30.9 Å². The molecule has 0 amide bonds. The van der Waals surface area contributed by atoms with Gasteiger partial charge in [-0.3, -0.25) is 4.99 Å². The molecule has 1 fully saturated rings. The van der Waals surface area contributed by atoms with Crippen molar-refractivity contribution in [2.75, 3.05) is 14.1 Å². The van der Waals surface area contributed by atoms with Gasteiger partial charge in [0.05, 0.1) is 12.2 Å². The second-order valence-corrected chi connectivity index (χ2v) is 8.26. The van der Waals surface area contributed by atoms with E-state index < -0.39 is 0 Å². The van der Waals surface area contributed by atoms with Crippen molar-refractivity contribution >= 4 is 17.3 Å². The number of rotatable bonds is 4. The van der Waals surface area contributed by atoms with E-state index >= 15 is 0 Å². The number of benzene rings is 1. The number of nitrogens with zero attached hydrogens (tertiary/aromatic N) is 3. The zero-order chi connectivity index (χ0) is 17.2. The van der Waals surface area contributed by atoms with Crippen LogP contribution in [0.25, 0.3) is 0 Å². The number of aliphatic imine (C=N–C) groups is 1. The van der Waals surface area contributed by atoms with Crippen LogP contribution in [0.2, 0.25) is 0 Å². The van der Waals surface area contributed by atoms with Gasteiger partial charge in [0.15, 0.2) is 5.96 Å². The van der Waals surface area contributed by atoms with Crippen molar-refractivity contribution in [3.63, 3.8) is 0 Å². The highest BCUT2D eigenvalue weighted by Gasteiger charge is 2.39. The SMILES string of the molecule is CN=C(NC1CC1c1ccccc1)N(C)Cc1nc2c(s1)CCCC2. The van der Waals surface area contributed by atoms with Gasteiger partial charge in [0.25, 0.3) is 0 Å². The molecule has 4 rings (SSSR count). The lowest BCUT2D eigenvalue weighted by atomic mass is 10.0. The Morgan fingerprint density at radius 2 is 2.08 bits per heavy atom. The van der Waals surface area contributed by atoms with E-state index in [0.29, 0.717) is 12.0 Å². The molecule has 1 aromatic heterocycles. The van der Waals surface area contributed by atoms with Crippen LogP contribution in [0.4, 0.5) is 0 Å². The highest BCUT2D eigenvalue weighted by Crippen LogP contribution is 2.40. The highest BCUT2D eigenvalue weighted by molar-refractivity contribution is 7.11. The van der Waals surface area contributed by atoms with Crippen LogP contribution in [0.3, 0.4) is 0 Å². The molecule has 2 unspecified atom stereocenters. The van der Waals surface area contributed by atoms with Crippen molar-refractivity contribution in [3.05, 3.63) is 51.5 Å². The molecule has 1 saturated carbocycles. The molecule has 0 radical (unpaired) electrons. The van der Waals surface area contributed by atoms with E-state index in [4.69, 9.17) is 4.98 Å². The summed E-state index contributed by atoms with van der Waals surface area (Å²) in [4.78, 5) is 13.0. The van der Waals surface area contributed by atoms with E-state index in [9.17, 15) is 0 Å². The summed E-state index contributed by atoms with van der Waals surface area (Å²) < 4.78 is 0. The fourth-order valence-corrected chi connectivity index (χ4v) is 4.90. The monoisotopic (exact) mass is 354 g/mol. The van der Waals surface area contributed by atoms with Crippen LogP contribution < -0.4 is 5.32 Å². The van der Waals surface area contributed by atoms with Gasteiger partial charge in [-0.2, -0.15) is 0 Å². The lowest BCUT2D eigenvalue weighted by Crippen LogP contribution is -2.40. The summed E-state index contributed by atoms with van der Waals surface area (Å²) in [5.74, 6) is 1.58. The van der Waals surface area contributed by atoms with Gasteiger partial charge in [-0.25, -0.2) is 4.98 Å². The number of aromatic nitrogens is 1. The quantitative estimate of drug-likeness (QED) is 0.674. The van der Waals surface area contributed by atoms with Crippen molar-refractivity contribution in [1.29, 1.82) is 0 Å². The summed E-state index contributed by atoms with van der Waals surface area (Å²) in [7, 11) is 3.97. The van der Waals surface area contributed by atoms with Crippen LogP contribution in [0.1, 0.15) is 46.3 Å². The van der Waals surface area contributed by atoms with Crippen molar-refractivity contribution in [1.82, 2.24) is 15.2 Å². The van der Waals surface area contributed by atoms with Gasteiger partial charge in [-0.1, -0.05) is 30.3 Å².